The number of carbonyl (C=O) groups excluding carboxylic acids is 1. The topological polar surface area (TPSA) is 62.0 Å². The molecule has 4 nitrogen and oxygen atoms in total. The van der Waals surface area contributed by atoms with E-state index < -0.39 is 0 Å². The maximum absolute atomic E-state index is 12.2. The van der Waals surface area contributed by atoms with Gasteiger partial charge in [0.1, 0.15) is 5.88 Å². The SMILES string of the molecule is O=C(CCl)Nc1cc(Cl)cc2c1[nH]c(=O)c1ccccc12. The first-order chi connectivity index (χ1) is 10.1. The molecule has 0 saturated carbocycles. The van der Waals surface area contributed by atoms with Crippen LogP contribution in [-0.4, -0.2) is 16.8 Å². The summed E-state index contributed by atoms with van der Waals surface area (Å²) in [5.74, 6) is -0.541. The standard InChI is InChI=1S/C15H10Cl2N2O2/c16-7-13(20)18-12-6-8(17)5-11-9-3-1-2-4-10(9)15(21)19-14(11)12/h1-6H,7H2,(H,18,20)(H,19,21). The van der Waals surface area contributed by atoms with E-state index in [0.29, 0.717) is 21.6 Å². The Labute approximate surface area is 129 Å². The third-order valence-corrected chi connectivity index (χ3v) is 3.66. The zero-order valence-corrected chi connectivity index (χ0v) is 12.3. The number of alkyl halides is 1. The lowest BCUT2D eigenvalue weighted by Crippen LogP contribution is -2.14. The number of rotatable bonds is 2. The number of halogens is 2. The van der Waals surface area contributed by atoms with E-state index in [0.717, 1.165) is 10.8 Å². The molecule has 0 atom stereocenters. The van der Waals surface area contributed by atoms with Crippen molar-refractivity contribution in [3.8, 4) is 0 Å². The summed E-state index contributed by atoms with van der Waals surface area (Å²) in [6, 6.07) is 10.6. The number of benzene rings is 2. The first kappa shape index (κ1) is 13.9. The summed E-state index contributed by atoms with van der Waals surface area (Å²) in [5.41, 5.74) is 0.745. The van der Waals surface area contributed by atoms with Crippen molar-refractivity contribution in [2.24, 2.45) is 0 Å². The lowest BCUT2D eigenvalue weighted by Gasteiger charge is -2.10. The third kappa shape index (κ3) is 2.48. The molecule has 1 heterocycles. The molecule has 0 fully saturated rings. The number of amides is 1. The second-order valence-corrected chi connectivity index (χ2v) is 5.26. The van der Waals surface area contributed by atoms with Crippen molar-refractivity contribution in [1.82, 2.24) is 4.98 Å². The molecular weight excluding hydrogens is 311 g/mol. The summed E-state index contributed by atoms with van der Waals surface area (Å²) < 4.78 is 0. The molecule has 21 heavy (non-hydrogen) atoms. The molecule has 6 heteroatoms. The molecule has 0 aliphatic heterocycles. The van der Waals surface area contributed by atoms with E-state index in [1.54, 1.807) is 24.3 Å². The van der Waals surface area contributed by atoms with E-state index in [-0.39, 0.29) is 17.3 Å². The molecule has 2 aromatic carbocycles. The average molecular weight is 321 g/mol. The van der Waals surface area contributed by atoms with Gasteiger partial charge in [-0.3, -0.25) is 9.59 Å². The van der Waals surface area contributed by atoms with Crippen LogP contribution in [0.4, 0.5) is 5.69 Å². The molecular formula is C15H10Cl2N2O2. The Morgan fingerprint density at radius 1 is 1.14 bits per heavy atom. The minimum absolute atomic E-state index is 0.175. The highest BCUT2D eigenvalue weighted by atomic mass is 35.5. The number of hydrogen-bond donors (Lipinski definition) is 2. The Hall–Kier alpha value is -2.04. The highest BCUT2D eigenvalue weighted by molar-refractivity contribution is 6.33. The fraction of sp³-hybridized carbons (Fsp3) is 0.0667. The summed E-state index contributed by atoms with van der Waals surface area (Å²) >= 11 is 11.6. The molecule has 3 aromatic rings. The molecule has 0 radical (unpaired) electrons. The van der Waals surface area contributed by atoms with Gasteiger partial charge in [0.25, 0.3) is 5.56 Å². The Morgan fingerprint density at radius 2 is 1.86 bits per heavy atom. The number of carbonyl (C=O) groups is 1. The monoisotopic (exact) mass is 320 g/mol. The number of nitrogens with one attached hydrogen (secondary N) is 2. The number of anilines is 1. The molecule has 3 rings (SSSR count). The highest BCUT2D eigenvalue weighted by Crippen LogP contribution is 2.30. The van der Waals surface area contributed by atoms with Crippen molar-refractivity contribution < 1.29 is 4.79 Å². The van der Waals surface area contributed by atoms with Crippen molar-refractivity contribution in [1.29, 1.82) is 0 Å². The van der Waals surface area contributed by atoms with Crippen LogP contribution in [-0.2, 0) is 4.79 Å². The van der Waals surface area contributed by atoms with Gasteiger partial charge < -0.3 is 10.3 Å². The maximum atomic E-state index is 12.2. The lowest BCUT2D eigenvalue weighted by molar-refractivity contribution is -0.113. The molecule has 0 aliphatic rings. The Morgan fingerprint density at radius 3 is 2.57 bits per heavy atom. The van der Waals surface area contributed by atoms with Gasteiger partial charge in [-0.2, -0.15) is 0 Å². The van der Waals surface area contributed by atoms with Crippen LogP contribution in [0.15, 0.2) is 41.2 Å². The van der Waals surface area contributed by atoms with Gasteiger partial charge in [0.05, 0.1) is 11.2 Å². The van der Waals surface area contributed by atoms with E-state index in [9.17, 15) is 9.59 Å². The van der Waals surface area contributed by atoms with E-state index in [1.807, 2.05) is 12.1 Å². The van der Waals surface area contributed by atoms with Crippen LogP contribution < -0.4 is 10.9 Å². The fourth-order valence-corrected chi connectivity index (χ4v) is 2.62. The van der Waals surface area contributed by atoms with Crippen LogP contribution in [0.3, 0.4) is 0 Å². The van der Waals surface area contributed by atoms with Crippen molar-refractivity contribution in [2.75, 3.05) is 11.2 Å². The second kappa shape index (κ2) is 5.39. The van der Waals surface area contributed by atoms with E-state index >= 15 is 0 Å². The molecule has 106 valence electrons. The first-order valence-corrected chi connectivity index (χ1v) is 7.11. The maximum Gasteiger partial charge on any atom is 0.256 e. The molecule has 0 bridgehead atoms. The quantitative estimate of drug-likeness (QED) is 0.560. The number of H-pyrrole nitrogens is 1. The summed E-state index contributed by atoms with van der Waals surface area (Å²) in [7, 11) is 0. The Bertz CT molecular complexity index is 919. The first-order valence-electron chi connectivity index (χ1n) is 6.20. The van der Waals surface area contributed by atoms with Gasteiger partial charge in [0.15, 0.2) is 0 Å². The molecule has 0 unspecified atom stereocenters. The van der Waals surface area contributed by atoms with Crippen LogP contribution >= 0.6 is 23.2 Å². The summed E-state index contributed by atoms with van der Waals surface area (Å²) in [6.45, 7) is 0. The van der Waals surface area contributed by atoms with Gasteiger partial charge >= 0.3 is 0 Å². The van der Waals surface area contributed by atoms with Crippen LogP contribution in [0.5, 0.6) is 0 Å². The van der Waals surface area contributed by atoms with Crippen LogP contribution in [0, 0.1) is 0 Å². The third-order valence-electron chi connectivity index (χ3n) is 3.20. The van der Waals surface area contributed by atoms with Gasteiger partial charge in [-0.25, -0.2) is 0 Å². The van der Waals surface area contributed by atoms with Crippen molar-refractivity contribution in [2.45, 2.75) is 0 Å². The zero-order chi connectivity index (χ0) is 15.0. The van der Waals surface area contributed by atoms with Crippen LogP contribution in [0.1, 0.15) is 0 Å². The van der Waals surface area contributed by atoms with Gasteiger partial charge in [0, 0.05) is 15.8 Å². The van der Waals surface area contributed by atoms with Gasteiger partial charge in [0.2, 0.25) is 5.91 Å². The minimum Gasteiger partial charge on any atom is -0.323 e. The van der Waals surface area contributed by atoms with E-state index in [4.69, 9.17) is 23.2 Å². The lowest BCUT2D eigenvalue weighted by atomic mass is 10.1. The van der Waals surface area contributed by atoms with Crippen LogP contribution in [0.2, 0.25) is 5.02 Å². The average Bonchev–Trinajstić information content (AvgIpc) is 2.48. The summed E-state index contributed by atoms with van der Waals surface area (Å²) in [5, 5.41) is 5.22. The summed E-state index contributed by atoms with van der Waals surface area (Å²) in [6.07, 6.45) is 0. The van der Waals surface area contributed by atoms with Crippen LogP contribution in [0.25, 0.3) is 21.7 Å². The minimum atomic E-state index is -0.366. The molecule has 1 aromatic heterocycles. The molecule has 2 N–H and O–H groups in total. The van der Waals surface area contributed by atoms with Gasteiger partial charge in [-0.1, -0.05) is 29.8 Å². The fourth-order valence-electron chi connectivity index (χ4n) is 2.33. The number of aromatic nitrogens is 1. The normalized spacial score (nSPS) is 11.0. The Balaban J connectivity index is 2.40. The summed E-state index contributed by atoms with van der Waals surface area (Å²) in [4.78, 5) is 26.5. The van der Waals surface area contributed by atoms with Crippen molar-refractivity contribution >= 4 is 56.5 Å². The number of hydrogen-bond acceptors (Lipinski definition) is 2. The Kier molecular flexibility index (Phi) is 3.57. The number of aromatic amines is 1. The van der Waals surface area contributed by atoms with E-state index in [1.165, 1.54) is 0 Å². The second-order valence-electron chi connectivity index (χ2n) is 4.56. The van der Waals surface area contributed by atoms with Gasteiger partial charge in [-0.15, -0.1) is 11.6 Å². The van der Waals surface area contributed by atoms with E-state index in [2.05, 4.69) is 10.3 Å². The molecule has 0 aliphatic carbocycles. The van der Waals surface area contributed by atoms with Gasteiger partial charge in [-0.05, 0) is 23.6 Å². The predicted molar refractivity (Wildman–Crippen MR) is 86.4 cm³/mol. The zero-order valence-electron chi connectivity index (χ0n) is 10.7. The number of fused-ring (bicyclic) bond motifs is 3. The van der Waals surface area contributed by atoms with Crippen molar-refractivity contribution in [3.05, 3.63) is 51.8 Å². The largest absolute Gasteiger partial charge is 0.323 e. The predicted octanol–water partition coefficient (Wildman–Crippen LogP) is 3.51. The highest BCUT2D eigenvalue weighted by Gasteiger charge is 2.11. The van der Waals surface area contributed by atoms with Crippen molar-refractivity contribution in [3.63, 3.8) is 0 Å². The smallest absolute Gasteiger partial charge is 0.256 e. The number of pyridine rings is 1. The molecule has 0 spiro atoms. The molecule has 1 amide bonds. The molecule has 0 saturated heterocycles.